The standard InChI is InChI=1S/C23H29NO4S/c1-5-17(28-18-12-11-14(3)13-15(18)4)21(25)24-22-20(23(26)27-6-2)16-9-7-8-10-19(16)29-22/h11-13,17H,5-10H2,1-4H3,(H,24,25)/t17-/m1/s1. The Labute approximate surface area is 176 Å². The lowest BCUT2D eigenvalue weighted by atomic mass is 9.95. The zero-order valence-electron chi connectivity index (χ0n) is 17.6. The molecule has 1 amide bonds. The first-order chi connectivity index (χ1) is 13.9. The number of aryl methyl sites for hydroxylation is 3. The van der Waals surface area contributed by atoms with Gasteiger partial charge in [0.2, 0.25) is 0 Å². The van der Waals surface area contributed by atoms with Crippen molar-refractivity contribution in [3.8, 4) is 5.75 Å². The van der Waals surface area contributed by atoms with E-state index in [2.05, 4.69) is 5.32 Å². The van der Waals surface area contributed by atoms with Gasteiger partial charge in [-0.3, -0.25) is 4.79 Å². The molecule has 0 fully saturated rings. The third kappa shape index (κ3) is 4.81. The van der Waals surface area contributed by atoms with Gasteiger partial charge in [-0.15, -0.1) is 11.3 Å². The van der Waals surface area contributed by atoms with E-state index in [0.717, 1.165) is 42.4 Å². The summed E-state index contributed by atoms with van der Waals surface area (Å²) in [5, 5.41) is 3.55. The van der Waals surface area contributed by atoms with Crippen molar-refractivity contribution in [2.24, 2.45) is 0 Å². The van der Waals surface area contributed by atoms with Crippen molar-refractivity contribution >= 4 is 28.2 Å². The average Bonchev–Trinajstić information content (AvgIpc) is 3.05. The highest BCUT2D eigenvalue weighted by Gasteiger charge is 2.29. The Hall–Kier alpha value is -2.34. The van der Waals surface area contributed by atoms with Crippen LogP contribution in [0, 0.1) is 13.8 Å². The highest BCUT2D eigenvalue weighted by atomic mass is 32.1. The van der Waals surface area contributed by atoms with Crippen molar-refractivity contribution < 1.29 is 19.1 Å². The Morgan fingerprint density at radius 2 is 1.93 bits per heavy atom. The Balaban J connectivity index is 1.83. The van der Waals surface area contributed by atoms with Gasteiger partial charge in [0.15, 0.2) is 6.10 Å². The number of hydrogen-bond acceptors (Lipinski definition) is 5. The molecular weight excluding hydrogens is 386 g/mol. The second-order valence-corrected chi connectivity index (χ2v) is 8.51. The van der Waals surface area contributed by atoms with Crippen molar-refractivity contribution in [2.75, 3.05) is 11.9 Å². The Morgan fingerprint density at radius 3 is 2.62 bits per heavy atom. The summed E-state index contributed by atoms with van der Waals surface area (Å²) in [5.74, 6) is 0.107. The highest BCUT2D eigenvalue weighted by molar-refractivity contribution is 7.17. The van der Waals surface area contributed by atoms with E-state index in [-0.39, 0.29) is 11.9 Å². The van der Waals surface area contributed by atoms with Gasteiger partial charge in [-0.25, -0.2) is 4.79 Å². The summed E-state index contributed by atoms with van der Waals surface area (Å²) in [4.78, 5) is 26.8. The predicted octanol–water partition coefficient (Wildman–Crippen LogP) is 5.22. The first-order valence-corrected chi connectivity index (χ1v) is 11.1. The maximum Gasteiger partial charge on any atom is 0.341 e. The maximum absolute atomic E-state index is 13.0. The SMILES string of the molecule is CCOC(=O)c1c(NC(=O)[C@@H](CC)Oc2ccc(C)cc2C)sc2c1CCCC2. The van der Waals surface area contributed by atoms with E-state index in [1.54, 1.807) is 6.92 Å². The minimum Gasteiger partial charge on any atom is -0.480 e. The topological polar surface area (TPSA) is 64.6 Å². The number of nitrogens with one attached hydrogen (secondary N) is 1. The molecule has 3 rings (SSSR count). The van der Waals surface area contributed by atoms with E-state index in [1.807, 2.05) is 39.0 Å². The molecule has 1 aliphatic rings. The highest BCUT2D eigenvalue weighted by Crippen LogP contribution is 2.38. The Bertz CT molecular complexity index is 903. The molecule has 5 nitrogen and oxygen atoms in total. The smallest absolute Gasteiger partial charge is 0.341 e. The molecule has 0 aliphatic heterocycles. The van der Waals surface area contributed by atoms with Gasteiger partial charge in [0, 0.05) is 4.88 Å². The number of benzene rings is 1. The molecule has 1 aromatic heterocycles. The maximum atomic E-state index is 13.0. The minimum atomic E-state index is -0.634. The van der Waals surface area contributed by atoms with Crippen LogP contribution in [0.15, 0.2) is 18.2 Å². The monoisotopic (exact) mass is 415 g/mol. The molecule has 156 valence electrons. The molecule has 29 heavy (non-hydrogen) atoms. The first-order valence-electron chi connectivity index (χ1n) is 10.3. The third-order valence-electron chi connectivity index (χ3n) is 5.15. The molecule has 0 saturated carbocycles. The van der Waals surface area contributed by atoms with Crippen LogP contribution in [0.3, 0.4) is 0 Å². The number of anilines is 1. The second-order valence-electron chi connectivity index (χ2n) is 7.41. The fraction of sp³-hybridized carbons (Fsp3) is 0.478. The quantitative estimate of drug-likeness (QED) is 0.630. The van der Waals surface area contributed by atoms with E-state index in [9.17, 15) is 9.59 Å². The van der Waals surface area contributed by atoms with Crippen LogP contribution in [-0.4, -0.2) is 24.6 Å². The van der Waals surface area contributed by atoms with Gasteiger partial charge in [-0.1, -0.05) is 24.6 Å². The molecule has 0 bridgehead atoms. The van der Waals surface area contributed by atoms with Gasteiger partial charge < -0.3 is 14.8 Å². The Kier molecular flexibility index (Phi) is 6.96. The predicted molar refractivity (Wildman–Crippen MR) is 116 cm³/mol. The van der Waals surface area contributed by atoms with Crippen LogP contribution in [0.1, 0.15) is 65.0 Å². The number of esters is 1. The fourth-order valence-electron chi connectivity index (χ4n) is 3.67. The van der Waals surface area contributed by atoms with Crippen molar-refractivity contribution in [3.63, 3.8) is 0 Å². The Morgan fingerprint density at radius 1 is 1.17 bits per heavy atom. The molecule has 0 saturated heterocycles. The van der Waals surface area contributed by atoms with Crippen molar-refractivity contribution in [1.29, 1.82) is 0 Å². The number of rotatable bonds is 7. The summed E-state index contributed by atoms with van der Waals surface area (Å²) in [7, 11) is 0. The van der Waals surface area contributed by atoms with Crippen LogP contribution in [0.2, 0.25) is 0 Å². The van der Waals surface area contributed by atoms with Crippen molar-refractivity contribution in [1.82, 2.24) is 0 Å². The average molecular weight is 416 g/mol. The third-order valence-corrected chi connectivity index (χ3v) is 6.36. The molecule has 2 aromatic rings. The van der Waals surface area contributed by atoms with Crippen LogP contribution in [-0.2, 0) is 22.4 Å². The molecule has 1 heterocycles. The van der Waals surface area contributed by atoms with Crippen LogP contribution >= 0.6 is 11.3 Å². The first kappa shape index (κ1) is 21.4. The molecular formula is C23H29NO4S. The van der Waals surface area contributed by atoms with Crippen molar-refractivity contribution in [2.45, 2.75) is 65.9 Å². The van der Waals surface area contributed by atoms with Crippen LogP contribution in [0.4, 0.5) is 5.00 Å². The lowest BCUT2D eigenvalue weighted by Crippen LogP contribution is -2.32. The van der Waals surface area contributed by atoms with Gasteiger partial charge in [0.1, 0.15) is 10.8 Å². The summed E-state index contributed by atoms with van der Waals surface area (Å²) in [6, 6.07) is 5.90. The number of carbonyl (C=O) groups excluding carboxylic acids is 2. The molecule has 1 N–H and O–H groups in total. The molecule has 0 spiro atoms. The van der Waals surface area contributed by atoms with E-state index in [1.165, 1.54) is 16.2 Å². The second kappa shape index (κ2) is 9.44. The van der Waals surface area contributed by atoms with Crippen LogP contribution in [0.5, 0.6) is 5.75 Å². The zero-order valence-corrected chi connectivity index (χ0v) is 18.4. The van der Waals surface area contributed by atoms with Gasteiger partial charge in [0.25, 0.3) is 5.91 Å². The largest absolute Gasteiger partial charge is 0.480 e. The van der Waals surface area contributed by atoms with Gasteiger partial charge in [-0.2, -0.15) is 0 Å². The zero-order chi connectivity index (χ0) is 21.0. The summed E-state index contributed by atoms with van der Waals surface area (Å²) in [6.07, 6.45) is 3.85. The number of amides is 1. The minimum absolute atomic E-state index is 0.239. The molecule has 0 radical (unpaired) electrons. The summed E-state index contributed by atoms with van der Waals surface area (Å²) in [5.41, 5.74) is 3.71. The number of carbonyl (C=O) groups is 2. The summed E-state index contributed by atoms with van der Waals surface area (Å²) in [6.45, 7) is 8.01. The summed E-state index contributed by atoms with van der Waals surface area (Å²) < 4.78 is 11.3. The van der Waals surface area contributed by atoms with E-state index in [0.29, 0.717) is 29.3 Å². The lowest BCUT2D eigenvalue weighted by molar-refractivity contribution is -0.122. The van der Waals surface area contributed by atoms with Crippen LogP contribution in [0.25, 0.3) is 0 Å². The fourth-order valence-corrected chi connectivity index (χ4v) is 4.95. The normalized spacial score (nSPS) is 14.1. The number of ether oxygens (including phenoxy) is 2. The molecule has 1 aromatic carbocycles. The molecule has 1 atom stereocenters. The number of thiophene rings is 1. The van der Waals surface area contributed by atoms with E-state index in [4.69, 9.17) is 9.47 Å². The van der Waals surface area contributed by atoms with Crippen molar-refractivity contribution in [3.05, 3.63) is 45.3 Å². The molecule has 1 aliphatic carbocycles. The van der Waals surface area contributed by atoms with E-state index < -0.39 is 6.10 Å². The summed E-state index contributed by atoms with van der Waals surface area (Å²) >= 11 is 1.50. The molecule has 0 unspecified atom stereocenters. The van der Waals surface area contributed by atoms with E-state index >= 15 is 0 Å². The molecule has 6 heteroatoms. The number of fused-ring (bicyclic) bond motifs is 1. The van der Waals surface area contributed by atoms with Crippen LogP contribution < -0.4 is 10.1 Å². The lowest BCUT2D eigenvalue weighted by Gasteiger charge is -2.19. The van der Waals surface area contributed by atoms with Gasteiger partial charge >= 0.3 is 5.97 Å². The van der Waals surface area contributed by atoms with Gasteiger partial charge in [-0.05, 0) is 70.1 Å². The van der Waals surface area contributed by atoms with Gasteiger partial charge in [0.05, 0.1) is 12.2 Å². The number of hydrogen-bond donors (Lipinski definition) is 1.